The van der Waals surface area contributed by atoms with Crippen LogP contribution in [0.4, 0.5) is 5.69 Å². The number of aryl methyl sites for hydroxylation is 2. The summed E-state index contributed by atoms with van der Waals surface area (Å²) in [6.07, 6.45) is 0. The van der Waals surface area contributed by atoms with Crippen molar-refractivity contribution in [2.24, 2.45) is 4.99 Å². The van der Waals surface area contributed by atoms with Crippen LogP contribution in [0, 0.1) is 13.8 Å². The van der Waals surface area contributed by atoms with E-state index < -0.39 is 0 Å². The van der Waals surface area contributed by atoms with Gasteiger partial charge in [0, 0.05) is 17.3 Å². The molecule has 0 radical (unpaired) electrons. The van der Waals surface area contributed by atoms with E-state index in [9.17, 15) is 4.79 Å². The molecular weight excluding hydrogens is 356 g/mol. The first-order chi connectivity index (χ1) is 12.0. The van der Waals surface area contributed by atoms with E-state index in [2.05, 4.69) is 4.99 Å². The Balaban J connectivity index is 1.69. The van der Waals surface area contributed by atoms with Gasteiger partial charge in [0.25, 0.3) is 5.91 Å². The van der Waals surface area contributed by atoms with Crippen LogP contribution in [0.25, 0.3) is 0 Å². The van der Waals surface area contributed by atoms with Crippen molar-refractivity contribution in [3.8, 4) is 5.75 Å². The number of carbonyl (C=O) groups is 1. The monoisotopic (exact) mass is 374 g/mol. The number of hydrogen-bond donors (Lipinski definition) is 0. The third kappa shape index (κ3) is 4.35. The Morgan fingerprint density at radius 2 is 2.04 bits per heavy atom. The number of amides is 1. The Bertz CT molecular complexity index is 823. The quantitative estimate of drug-likeness (QED) is 0.785. The average Bonchev–Trinajstić information content (AvgIpc) is 3.04. The molecule has 2 aromatic carbocycles. The number of para-hydroxylation sites is 1. The number of hydrogen-bond acceptors (Lipinski definition) is 4. The molecule has 130 valence electrons. The van der Waals surface area contributed by atoms with Gasteiger partial charge < -0.3 is 4.74 Å². The van der Waals surface area contributed by atoms with E-state index in [4.69, 9.17) is 16.3 Å². The smallest absolute Gasteiger partial charge is 0.266 e. The number of aliphatic imine (C=N–C) groups is 1. The van der Waals surface area contributed by atoms with Gasteiger partial charge in [-0.2, -0.15) is 0 Å². The third-order valence-corrected chi connectivity index (χ3v) is 5.09. The summed E-state index contributed by atoms with van der Waals surface area (Å²) in [5, 5.41) is 1.38. The lowest BCUT2D eigenvalue weighted by Gasteiger charge is -2.17. The first kappa shape index (κ1) is 17.8. The van der Waals surface area contributed by atoms with Gasteiger partial charge in [-0.15, -0.1) is 0 Å². The molecule has 0 N–H and O–H groups in total. The molecule has 6 heteroatoms. The highest BCUT2D eigenvalue weighted by atomic mass is 35.5. The predicted molar refractivity (Wildman–Crippen MR) is 104 cm³/mol. The molecule has 0 saturated carbocycles. The highest BCUT2D eigenvalue weighted by Crippen LogP contribution is 2.26. The maximum Gasteiger partial charge on any atom is 0.266 e. The van der Waals surface area contributed by atoms with Gasteiger partial charge in [0.05, 0.1) is 5.69 Å². The first-order valence-electron chi connectivity index (χ1n) is 8.01. The summed E-state index contributed by atoms with van der Waals surface area (Å²) < 4.78 is 5.67. The van der Waals surface area contributed by atoms with Crippen molar-refractivity contribution in [2.45, 2.75) is 13.8 Å². The summed E-state index contributed by atoms with van der Waals surface area (Å²) in [6.45, 7) is 4.55. The highest BCUT2D eigenvalue weighted by Gasteiger charge is 2.26. The summed E-state index contributed by atoms with van der Waals surface area (Å²) in [5.41, 5.74) is 2.88. The molecule has 25 heavy (non-hydrogen) atoms. The lowest BCUT2D eigenvalue weighted by atomic mass is 10.2. The second kappa shape index (κ2) is 7.93. The molecule has 3 rings (SSSR count). The molecule has 1 fully saturated rings. The van der Waals surface area contributed by atoms with Crippen molar-refractivity contribution >= 4 is 40.1 Å². The number of nitrogens with zero attached hydrogens (tertiary/aromatic N) is 2. The van der Waals surface area contributed by atoms with Crippen molar-refractivity contribution in [1.29, 1.82) is 0 Å². The fourth-order valence-electron chi connectivity index (χ4n) is 2.51. The molecule has 1 amide bonds. The lowest BCUT2D eigenvalue weighted by Crippen LogP contribution is -2.35. The van der Waals surface area contributed by atoms with Crippen LogP contribution in [-0.2, 0) is 4.79 Å². The Morgan fingerprint density at radius 3 is 2.80 bits per heavy atom. The molecule has 0 bridgehead atoms. The minimum atomic E-state index is -0.0910. The van der Waals surface area contributed by atoms with Gasteiger partial charge in [-0.1, -0.05) is 41.6 Å². The van der Waals surface area contributed by atoms with Gasteiger partial charge in [0.15, 0.2) is 11.8 Å². The molecule has 0 unspecified atom stereocenters. The van der Waals surface area contributed by atoms with Crippen LogP contribution >= 0.6 is 23.4 Å². The first-order valence-corrected chi connectivity index (χ1v) is 9.37. The summed E-state index contributed by atoms with van der Waals surface area (Å²) in [5.74, 6) is 1.42. The predicted octanol–water partition coefficient (Wildman–Crippen LogP) is 4.60. The zero-order valence-corrected chi connectivity index (χ0v) is 15.7. The summed E-state index contributed by atoms with van der Waals surface area (Å²) in [6, 6.07) is 13.3. The minimum Gasteiger partial charge on any atom is -0.483 e. The number of ether oxygens (including phenoxy) is 1. The fourth-order valence-corrected chi connectivity index (χ4v) is 3.70. The third-order valence-electron chi connectivity index (χ3n) is 3.90. The molecule has 1 heterocycles. The van der Waals surface area contributed by atoms with Crippen LogP contribution in [0.3, 0.4) is 0 Å². The Morgan fingerprint density at radius 1 is 1.24 bits per heavy atom. The van der Waals surface area contributed by atoms with Gasteiger partial charge in [0.2, 0.25) is 0 Å². The van der Waals surface area contributed by atoms with Gasteiger partial charge >= 0.3 is 0 Å². The summed E-state index contributed by atoms with van der Waals surface area (Å²) in [7, 11) is 0. The number of rotatable bonds is 4. The standard InChI is InChI=1S/C19H19ClN2O2S/c1-13-5-3-4-6-16(13)21-19-22(9-10-25-19)18(23)12-24-17-8-7-15(20)11-14(17)2/h3-8,11H,9-10,12H2,1-2H3. The van der Waals surface area contributed by atoms with Crippen molar-refractivity contribution in [3.05, 3.63) is 58.6 Å². The van der Waals surface area contributed by atoms with Crippen molar-refractivity contribution in [1.82, 2.24) is 4.90 Å². The Hall–Kier alpha value is -1.98. The van der Waals surface area contributed by atoms with Gasteiger partial charge in [-0.25, -0.2) is 4.99 Å². The van der Waals surface area contributed by atoms with E-state index in [1.54, 1.807) is 28.8 Å². The molecule has 1 aliphatic rings. The SMILES string of the molecule is Cc1ccccc1N=C1SCCN1C(=O)COc1ccc(Cl)cc1C. The second-order valence-electron chi connectivity index (χ2n) is 5.77. The molecule has 0 aromatic heterocycles. The molecular formula is C19H19ClN2O2S. The van der Waals surface area contributed by atoms with Gasteiger partial charge in [-0.05, 0) is 49.2 Å². The van der Waals surface area contributed by atoms with Crippen LogP contribution in [-0.4, -0.2) is 34.9 Å². The number of halogens is 1. The van der Waals surface area contributed by atoms with Crippen molar-refractivity contribution in [2.75, 3.05) is 18.9 Å². The second-order valence-corrected chi connectivity index (χ2v) is 7.27. The molecule has 0 spiro atoms. The van der Waals surface area contributed by atoms with E-state index in [0.717, 1.165) is 27.7 Å². The molecule has 1 saturated heterocycles. The van der Waals surface area contributed by atoms with Crippen molar-refractivity contribution < 1.29 is 9.53 Å². The van der Waals surface area contributed by atoms with E-state index in [1.807, 2.05) is 44.2 Å². The molecule has 0 aliphatic carbocycles. The maximum atomic E-state index is 12.6. The normalized spacial score (nSPS) is 15.6. The van der Waals surface area contributed by atoms with Gasteiger partial charge in [-0.3, -0.25) is 9.69 Å². The number of benzene rings is 2. The zero-order chi connectivity index (χ0) is 17.8. The number of thioether (sulfide) groups is 1. The van der Waals surface area contributed by atoms with Crippen molar-refractivity contribution in [3.63, 3.8) is 0 Å². The van der Waals surface area contributed by atoms with Crippen LogP contribution in [0.2, 0.25) is 5.02 Å². The van der Waals surface area contributed by atoms with E-state index in [1.165, 1.54) is 0 Å². The lowest BCUT2D eigenvalue weighted by molar-refractivity contribution is -0.129. The highest BCUT2D eigenvalue weighted by molar-refractivity contribution is 8.14. The van der Waals surface area contributed by atoms with E-state index >= 15 is 0 Å². The molecule has 4 nitrogen and oxygen atoms in total. The van der Waals surface area contributed by atoms with Crippen LogP contribution < -0.4 is 4.74 Å². The minimum absolute atomic E-state index is 0.0180. The van der Waals surface area contributed by atoms with Crippen LogP contribution in [0.1, 0.15) is 11.1 Å². The van der Waals surface area contributed by atoms with E-state index in [0.29, 0.717) is 17.3 Å². The number of amidine groups is 1. The largest absolute Gasteiger partial charge is 0.483 e. The van der Waals surface area contributed by atoms with Crippen LogP contribution in [0.15, 0.2) is 47.5 Å². The fraction of sp³-hybridized carbons (Fsp3) is 0.263. The summed E-state index contributed by atoms with van der Waals surface area (Å²) in [4.78, 5) is 18.9. The molecule has 2 aromatic rings. The molecule has 0 atom stereocenters. The Labute approximate surface area is 156 Å². The van der Waals surface area contributed by atoms with E-state index in [-0.39, 0.29) is 12.5 Å². The van der Waals surface area contributed by atoms with Gasteiger partial charge in [0.1, 0.15) is 5.75 Å². The number of carbonyl (C=O) groups excluding carboxylic acids is 1. The average molecular weight is 375 g/mol. The molecule has 1 aliphatic heterocycles. The maximum absolute atomic E-state index is 12.6. The summed E-state index contributed by atoms with van der Waals surface area (Å²) >= 11 is 7.53. The van der Waals surface area contributed by atoms with Crippen LogP contribution in [0.5, 0.6) is 5.75 Å². The zero-order valence-electron chi connectivity index (χ0n) is 14.2. The Kier molecular flexibility index (Phi) is 5.66. The topological polar surface area (TPSA) is 41.9 Å².